The lowest BCUT2D eigenvalue weighted by molar-refractivity contribution is -0.117. The van der Waals surface area contributed by atoms with Gasteiger partial charge in [0.1, 0.15) is 0 Å². The first kappa shape index (κ1) is 14.8. The van der Waals surface area contributed by atoms with Crippen LogP contribution in [0.25, 0.3) is 0 Å². The lowest BCUT2D eigenvalue weighted by Gasteiger charge is -2.12. The van der Waals surface area contributed by atoms with Crippen LogP contribution in [0.3, 0.4) is 0 Å². The highest BCUT2D eigenvalue weighted by Crippen LogP contribution is 2.15. The average Bonchev–Trinajstić information content (AvgIpc) is 2.94. The number of aromatic nitrogens is 2. The van der Waals surface area contributed by atoms with Gasteiger partial charge in [-0.25, -0.2) is 0 Å². The van der Waals surface area contributed by atoms with Gasteiger partial charge in [-0.15, -0.1) is 0 Å². The predicted octanol–water partition coefficient (Wildman–Crippen LogP) is 2.43. The summed E-state index contributed by atoms with van der Waals surface area (Å²) in [6.45, 7) is 3.39. The third-order valence-electron chi connectivity index (χ3n) is 2.95. The van der Waals surface area contributed by atoms with Gasteiger partial charge >= 0.3 is 0 Å². The Morgan fingerprint density at radius 3 is 2.33 bits per heavy atom. The Hall–Kier alpha value is -2.63. The van der Waals surface area contributed by atoms with Crippen LogP contribution in [-0.4, -0.2) is 21.6 Å². The molecule has 1 aromatic carbocycles. The third-order valence-corrected chi connectivity index (χ3v) is 2.95. The molecule has 6 heteroatoms. The number of amides is 2. The summed E-state index contributed by atoms with van der Waals surface area (Å²) in [4.78, 5) is 22.9. The Labute approximate surface area is 123 Å². The molecule has 1 aromatic heterocycles. The van der Waals surface area contributed by atoms with Crippen LogP contribution in [0.4, 0.5) is 11.4 Å². The van der Waals surface area contributed by atoms with Gasteiger partial charge in [0.2, 0.25) is 11.8 Å². The first-order chi connectivity index (χ1) is 10.0. The van der Waals surface area contributed by atoms with Gasteiger partial charge in [-0.1, -0.05) is 0 Å². The zero-order valence-electron chi connectivity index (χ0n) is 12.0. The van der Waals surface area contributed by atoms with E-state index in [1.165, 1.54) is 6.92 Å². The molecule has 2 aromatic rings. The Bertz CT molecular complexity index is 605. The van der Waals surface area contributed by atoms with Crippen LogP contribution in [0.1, 0.15) is 26.3 Å². The fourth-order valence-electron chi connectivity index (χ4n) is 1.96. The predicted molar refractivity (Wildman–Crippen MR) is 80.9 cm³/mol. The van der Waals surface area contributed by atoms with E-state index in [4.69, 9.17) is 0 Å². The van der Waals surface area contributed by atoms with E-state index in [9.17, 15) is 9.59 Å². The Morgan fingerprint density at radius 2 is 1.81 bits per heavy atom. The van der Waals surface area contributed by atoms with Gasteiger partial charge in [-0.05, 0) is 37.3 Å². The molecule has 0 unspecified atom stereocenters. The smallest absolute Gasteiger partial charge is 0.226 e. The van der Waals surface area contributed by atoms with Crippen molar-refractivity contribution in [1.82, 2.24) is 9.78 Å². The number of benzene rings is 1. The van der Waals surface area contributed by atoms with Gasteiger partial charge in [-0.3, -0.25) is 14.3 Å². The normalized spacial score (nSPS) is 11.7. The Morgan fingerprint density at radius 1 is 1.19 bits per heavy atom. The molecule has 0 fully saturated rings. The topological polar surface area (TPSA) is 76.0 Å². The molecule has 1 atom stereocenters. The summed E-state index contributed by atoms with van der Waals surface area (Å²) < 4.78 is 1.75. The van der Waals surface area contributed by atoms with Crippen molar-refractivity contribution in [2.75, 3.05) is 10.6 Å². The molecule has 0 saturated heterocycles. The van der Waals surface area contributed by atoms with E-state index in [2.05, 4.69) is 15.7 Å². The van der Waals surface area contributed by atoms with Crippen LogP contribution in [0.15, 0.2) is 42.7 Å². The SMILES string of the molecule is CC(=O)Nc1ccc(NC(=O)C[C@@H](C)n2cccn2)cc1. The third kappa shape index (κ3) is 4.45. The van der Waals surface area contributed by atoms with E-state index in [0.29, 0.717) is 17.8 Å². The molecule has 0 radical (unpaired) electrons. The molecular formula is C15H18N4O2. The summed E-state index contributed by atoms with van der Waals surface area (Å²) in [7, 11) is 0. The maximum absolute atomic E-state index is 12.0. The van der Waals surface area contributed by atoms with Crippen molar-refractivity contribution >= 4 is 23.2 Å². The molecule has 0 bridgehead atoms. The van der Waals surface area contributed by atoms with E-state index in [1.807, 2.05) is 19.2 Å². The summed E-state index contributed by atoms with van der Waals surface area (Å²) in [6.07, 6.45) is 3.87. The molecular weight excluding hydrogens is 268 g/mol. The fourth-order valence-corrected chi connectivity index (χ4v) is 1.96. The first-order valence-corrected chi connectivity index (χ1v) is 6.71. The number of hydrogen-bond acceptors (Lipinski definition) is 3. The standard InChI is InChI=1S/C15H18N4O2/c1-11(19-9-3-8-16-19)10-15(21)18-14-6-4-13(5-7-14)17-12(2)20/h3-9,11H,10H2,1-2H3,(H,17,20)(H,18,21)/t11-/m1/s1. The molecule has 21 heavy (non-hydrogen) atoms. The van der Waals surface area contributed by atoms with Crippen LogP contribution in [0.2, 0.25) is 0 Å². The van der Waals surface area contributed by atoms with Gasteiger partial charge in [0.25, 0.3) is 0 Å². The number of hydrogen-bond donors (Lipinski definition) is 2. The van der Waals surface area contributed by atoms with Crippen LogP contribution < -0.4 is 10.6 Å². The zero-order chi connectivity index (χ0) is 15.2. The molecule has 6 nitrogen and oxygen atoms in total. The minimum atomic E-state index is -0.125. The van der Waals surface area contributed by atoms with Crippen molar-refractivity contribution in [2.45, 2.75) is 26.3 Å². The summed E-state index contributed by atoms with van der Waals surface area (Å²) >= 11 is 0. The highest BCUT2D eigenvalue weighted by atomic mass is 16.2. The van der Waals surface area contributed by atoms with E-state index in [1.54, 1.807) is 35.1 Å². The first-order valence-electron chi connectivity index (χ1n) is 6.71. The Balaban J connectivity index is 1.89. The number of nitrogens with one attached hydrogen (secondary N) is 2. The Kier molecular flexibility index (Phi) is 4.71. The lowest BCUT2D eigenvalue weighted by Crippen LogP contribution is -2.17. The van der Waals surface area contributed by atoms with Crippen LogP contribution in [0, 0.1) is 0 Å². The van der Waals surface area contributed by atoms with Gasteiger partial charge < -0.3 is 10.6 Å². The molecule has 2 amide bonds. The molecule has 1 heterocycles. The number of carbonyl (C=O) groups is 2. The minimum absolute atomic E-state index is 0.00125. The molecule has 0 spiro atoms. The highest BCUT2D eigenvalue weighted by molar-refractivity contribution is 5.92. The van der Waals surface area contributed by atoms with Crippen molar-refractivity contribution in [2.24, 2.45) is 0 Å². The van der Waals surface area contributed by atoms with E-state index >= 15 is 0 Å². The van der Waals surface area contributed by atoms with Gasteiger partial charge in [-0.2, -0.15) is 5.10 Å². The molecule has 2 rings (SSSR count). The van der Waals surface area contributed by atoms with Crippen LogP contribution >= 0.6 is 0 Å². The number of anilines is 2. The lowest BCUT2D eigenvalue weighted by atomic mass is 10.2. The van der Waals surface area contributed by atoms with Crippen molar-refractivity contribution < 1.29 is 9.59 Å². The number of carbonyl (C=O) groups excluding carboxylic acids is 2. The summed E-state index contributed by atoms with van der Waals surface area (Å²) in [5.41, 5.74) is 1.40. The quantitative estimate of drug-likeness (QED) is 0.886. The second-order valence-corrected chi connectivity index (χ2v) is 4.85. The minimum Gasteiger partial charge on any atom is -0.326 e. The fraction of sp³-hybridized carbons (Fsp3) is 0.267. The maximum atomic E-state index is 12.0. The largest absolute Gasteiger partial charge is 0.326 e. The van der Waals surface area contributed by atoms with E-state index < -0.39 is 0 Å². The highest BCUT2D eigenvalue weighted by Gasteiger charge is 2.11. The van der Waals surface area contributed by atoms with Gasteiger partial charge in [0.05, 0.1) is 6.04 Å². The monoisotopic (exact) mass is 286 g/mol. The van der Waals surface area contributed by atoms with Gasteiger partial charge in [0, 0.05) is 37.1 Å². The van der Waals surface area contributed by atoms with Crippen molar-refractivity contribution in [3.8, 4) is 0 Å². The van der Waals surface area contributed by atoms with E-state index in [-0.39, 0.29) is 17.9 Å². The van der Waals surface area contributed by atoms with Crippen molar-refractivity contribution in [3.05, 3.63) is 42.7 Å². The van der Waals surface area contributed by atoms with Crippen molar-refractivity contribution in [1.29, 1.82) is 0 Å². The maximum Gasteiger partial charge on any atom is 0.226 e. The molecule has 0 aliphatic rings. The van der Waals surface area contributed by atoms with Gasteiger partial charge in [0.15, 0.2) is 0 Å². The zero-order valence-corrected chi connectivity index (χ0v) is 12.0. The van der Waals surface area contributed by atoms with Crippen molar-refractivity contribution in [3.63, 3.8) is 0 Å². The summed E-state index contributed by atoms with van der Waals surface area (Å²) in [5, 5.41) is 9.61. The average molecular weight is 286 g/mol. The number of nitrogens with zero attached hydrogens (tertiary/aromatic N) is 2. The second kappa shape index (κ2) is 6.69. The van der Waals surface area contributed by atoms with Crippen LogP contribution in [-0.2, 0) is 9.59 Å². The molecule has 0 saturated carbocycles. The summed E-state index contributed by atoms with van der Waals surface area (Å²) in [5.74, 6) is -0.204. The van der Waals surface area contributed by atoms with E-state index in [0.717, 1.165) is 0 Å². The van der Waals surface area contributed by atoms with Crippen LogP contribution in [0.5, 0.6) is 0 Å². The molecule has 0 aliphatic heterocycles. The number of rotatable bonds is 5. The molecule has 110 valence electrons. The molecule has 0 aliphatic carbocycles. The molecule has 2 N–H and O–H groups in total. The summed E-state index contributed by atoms with van der Waals surface area (Å²) in [6, 6.07) is 8.82. The second-order valence-electron chi connectivity index (χ2n) is 4.85.